The molecule has 0 aliphatic heterocycles. The van der Waals surface area contributed by atoms with E-state index in [9.17, 15) is 4.79 Å². The summed E-state index contributed by atoms with van der Waals surface area (Å²) in [5, 5.41) is 0. The summed E-state index contributed by atoms with van der Waals surface area (Å²) in [4.78, 5) is 11.6. The number of nitrogens with two attached hydrogens (primary N) is 1. The third-order valence-corrected chi connectivity index (χ3v) is 3.10. The molecule has 0 aliphatic rings. The molecule has 0 spiro atoms. The zero-order valence-electron chi connectivity index (χ0n) is 11.0. The van der Waals surface area contributed by atoms with Crippen LogP contribution in [0.25, 0.3) is 0 Å². The average Bonchev–Trinajstić information content (AvgIpc) is 2.27. The van der Waals surface area contributed by atoms with E-state index >= 15 is 0 Å². The van der Waals surface area contributed by atoms with Gasteiger partial charge >= 0.3 is 5.97 Å². The standard InChI is InChI=1S/C13H25NO2/c1-6-11(14)9-13(7-2,8-3)16-12(15)10(4)5/h11H,4,6-9,14H2,1-3,5H3. The Morgan fingerprint density at radius 3 is 2.19 bits per heavy atom. The lowest BCUT2D eigenvalue weighted by molar-refractivity contribution is -0.157. The van der Waals surface area contributed by atoms with Crippen LogP contribution in [-0.4, -0.2) is 17.6 Å². The molecular weight excluding hydrogens is 202 g/mol. The predicted molar refractivity (Wildman–Crippen MR) is 67.1 cm³/mol. The summed E-state index contributed by atoms with van der Waals surface area (Å²) in [6.45, 7) is 11.4. The summed E-state index contributed by atoms with van der Waals surface area (Å²) in [5.74, 6) is -0.313. The molecule has 0 aromatic carbocycles. The van der Waals surface area contributed by atoms with E-state index in [0.717, 1.165) is 25.7 Å². The van der Waals surface area contributed by atoms with Crippen LogP contribution in [0.15, 0.2) is 12.2 Å². The molecule has 0 aromatic heterocycles. The molecule has 1 atom stereocenters. The zero-order chi connectivity index (χ0) is 12.8. The minimum atomic E-state index is -0.425. The molecule has 2 N–H and O–H groups in total. The normalized spacial score (nSPS) is 13.3. The first-order chi connectivity index (χ1) is 7.40. The van der Waals surface area contributed by atoms with Gasteiger partial charge in [0, 0.05) is 18.0 Å². The highest BCUT2D eigenvalue weighted by atomic mass is 16.6. The number of hydrogen-bond donors (Lipinski definition) is 1. The van der Waals surface area contributed by atoms with Crippen LogP contribution in [0.1, 0.15) is 53.4 Å². The van der Waals surface area contributed by atoms with E-state index in [-0.39, 0.29) is 12.0 Å². The summed E-state index contributed by atoms with van der Waals surface area (Å²) in [7, 11) is 0. The largest absolute Gasteiger partial charge is 0.456 e. The second-order valence-electron chi connectivity index (χ2n) is 4.43. The van der Waals surface area contributed by atoms with Crippen molar-refractivity contribution in [1.29, 1.82) is 0 Å². The predicted octanol–water partition coefficient (Wildman–Crippen LogP) is 2.79. The maximum absolute atomic E-state index is 11.6. The minimum Gasteiger partial charge on any atom is -0.456 e. The zero-order valence-corrected chi connectivity index (χ0v) is 11.0. The molecule has 0 radical (unpaired) electrons. The van der Waals surface area contributed by atoms with Crippen molar-refractivity contribution in [2.45, 2.75) is 65.0 Å². The van der Waals surface area contributed by atoms with Crippen LogP contribution in [0.2, 0.25) is 0 Å². The monoisotopic (exact) mass is 227 g/mol. The van der Waals surface area contributed by atoms with Crippen molar-refractivity contribution >= 4 is 5.97 Å². The Morgan fingerprint density at radius 1 is 1.38 bits per heavy atom. The quantitative estimate of drug-likeness (QED) is 0.537. The van der Waals surface area contributed by atoms with Crippen molar-refractivity contribution < 1.29 is 9.53 Å². The highest BCUT2D eigenvalue weighted by molar-refractivity contribution is 5.87. The molecule has 0 saturated heterocycles. The number of carbonyl (C=O) groups is 1. The van der Waals surface area contributed by atoms with Gasteiger partial charge in [-0.2, -0.15) is 0 Å². The Balaban J connectivity index is 4.67. The molecule has 0 rings (SSSR count). The molecule has 1 unspecified atom stereocenters. The molecule has 3 heteroatoms. The number of esters is 1. The lowest BCUT2D eigenvalue weighted by Crippen LogP contribution is -2.40. The number of rotatable bonds is 7. The van der Waals surface area contributed by atoms with Gasteiger partial charge in [0.15, 0.2) is 0 Å². The second kappa shape index (κ2) is 6.69. The number of carbonyl (C=O) groups excluding carboxylic acids is 1. The molecule has 3 nitrogen and oxygen atoms in total. The maximum atomic E-state index is 11.6. The van der Waals surface area contributed by atoms with E-state index < -0.39 is 5.60 Å². The Bertz CT molecular complexity index is 244. The Kier molecular flexibility index (Phi) is 6.34. The van der Waals surface area contributed by atoms with E-state index in [0.29, 0.717) is 5.57 Å². The van der Waals surface area contributed by atoms with Crippen molar-refractivity contribution in [2.75, 3.05) is 0 Å². The SMILES string of the molecule is C=C(C)C(=O)OC(CC)(CC)CC(N)CC. The van der Waals surface area contributed by atoms with Gasteiger partial charge in [0.2, 0.25) is 0 Å². The van der Waals surface area contributed by atoms with Gasteiger partial charge in [-0.25, -0.2) is 4.79 Å². The van der Waals surface area contributed by atoms with Crippen LogP contribution in [0.4, 0.5) is 0 Å². The summed E-state index contributed by atoms with van der Waals surface area (Å²) >= 11 is 0. The first-order valence-electron chi connectivity index (χ1n) is 6.05. The minimum absolute atomic E-state index is 0.0813. The van der Waals surface area contributed by atoms with Crippen molar-refractivity contribution in [2.24, 2.45) is 5.73 Å². The highest BCUT2D eigenvalue weighted by Crippen LogP contribution is 2.27. The molecule has 0 fully saturated rings. The molecule has 0 amide bonds. The fourth-order valence-corrected chi connectivity index (χ4v) is 1.63. The van der Waals surface area contributed by atoms with Gasteiger partial charge < -0.3 is 10.5 Å². The van der Waals surface area contributed by atoms with Gasteiger partial charge in [-0.05, 0) is 26.2 Å². The number of ether oxygens (including phenoxy) is 1. The van der Waals surface area contributed by atoms with E-state index in [1.807, 2.05) is 20.8 Å². The van der Waals surface area contributed by atoms with Crippen molar-refractivity contribution in [3.8, 4) is 0 Å². The highest BCUT2D eigenvalue weighted by Gasteiger charge is 2.32. The van der Waals surface area contributed by atoms with Crippen molar-refractivity contribution in [3.05, 3.63) is 12.2 Å². The fourth-order valence-electron chi connectivity index (χ4n) is 1.63. The van der Waals surface area contributed by atoms with Gasteiger partial charge in [0.25, 0.3) is 0 Å². The molecule has 0 aliphatic carbocycles. The summed E-state index contributed by atoms with van der Waals surface area (Å²) in [5.41, 5.74) is 5.96. The third-order valence-electron chi connectivity index (χ3n) is 3.10. The van der Waals surface area contributed by atoms with Gasteiger partial charge in [0.05, 0.1) is 0 Å². The first kappa shape index (κ1) is 15.2. The van der Waals surface area contributed by atoms with Gasteiger partial charge in [0.1, 0.15) is 5.60 Å². The van der Waals surface area contributed by atoms with Gasteiger partial charge in [-0.3, -0.25) is 0 Å². The summed E-state index contributed by atoms with van der Waals surface area (Å²) in [6, 6.07) is 0.0813. The molecule has 0 heterocycles. The van der Waals surface area contributed by atoms with Crippen molar-refractivity contribution in [1.82, 2.24) is 0 Å². The topological polar surface area (TPSA) is 52.3 Å². The first-order valence-corrected chi connectivity index (χ1v) is 6.05. The Hall–Kier alpha value is -0.830. The third kappa shape index (κ3) is 4.35. The smallest absolute Gasteiger partial charge is 0.333 e. The van der Waals surface area contributed by atoms with Gasteiger partial charge in [-0.15, -0.1) is 0 Å². The lowest BCUT2D eigenvalue weighted by Gasteiger charge is -2.33. The van der Waals surface area contributed by atoms with Crippen LogP contribution >= 0.6 is 0 Å². The van der Waals surface area contributed by atoms with Gasteiger partial charge in [-0.1, -0.05) is 27.4 Å². The van der Waals surface area contributed by atoms with Crippen LogP contribution in [0.3, 0.4) is 0 Å². The summed E-state index contributed by atoms with van der Waals surface area (Å²) in [6.07, 6.45) is 3.19. The van der Waals surface area contributed by atoms with E-state index in [1.165, 1.54) is 0 Å². The van der Waals surface area contributed by atoms with E-state index in [1.54, 1.807) is 6.92 Å². The molecule has 0 bridgehead atoms. The molecule has 16 heavy (non-hydrogen) atoms. The van der Waals surface area contributed by atoms with Crippen LogP contribution in [0, 0.1) is 0 Å². The van der Waals surface area contributed by atoms with E-state index in [4.69, 9.17) is 10.5 Å². The number of hydrogen-bond acceptors (Lipinski definition) is 3. The Morgan fingerprint density at radius 2 is 1.88 bits per heavy atom. The fraction of sp³-hybridized carbons (Fsp3) is 0.769. The van der Waals surface area contributed by atoms with Crippen LogP contribution in [-0.2, 0) is 9.53 Å². The average molecular weight is 227 g/mol. The molecule has 0 aromatic rings. The Labute approximate surface area is 99.0 Å². The van der Waals surface area contributed by atoms with E-state index in [2.05, 4.69) is 6.58 Å². The lowest BCUT2D eigenvalue weighted by atomic mass is 9.88. The molecule has 0 saturated carbocycles. The second-order valence-corrected chi connectivity index (χ2v) is 4.43. The molecular formula is C13H25NO2. The van der Waals surface area contributed by atoms with Crippen LogP contribution in [0.5, 0.6) is 0 Å². The maximum Gasteiger partial charge on any atom is 0.333 e. The summed E-state index contributed by atoms with van der Waals surface area (Å²) < 4.78 is 5.55. The van der Waals surface area contributed by atoms with Crippen LogP contribution < -0.4 is 5.73 Å². The van der Waals surface area contributed by atoms with Crippen molar-refractivity contribution in [3.63, 3.8) is 0 Å². The molecule has 94 valence electrons.